The molecular weight excluding hydrogens is 496 g/mol. The van der Waals surface area contributed by atoms with Crippen molar-refractivity contribution in [1.82, 2.24) is 0 Å². The SMILES string of the molecule is CC(=O)C(N)C1CN(c2c(F)cc(N3CCC(OS(=O)(=O)c4ccc(C)cc4)CC3)cc2F)C(=O)O1. The molecule has 4 rings (SSSR count). The Morgan fingerprint density at radius 2 is 1.72 bits per heavy atom. The van der Waals surface area contributed by atoms with Crippen LogP contribution >= 0.6 is 0 Å². The number of piperidine rings is 1. The first-order valence-electron chi connectivity index (χ1n) is 11.4. The van der Waals surface area contributed by atoms with Gasteiger partial charge in [-0.1, -0.05) is 17.7 Å². The number of cyclic esters (lactones) is 1. The lowest BCUT2D eigenvalue weighted by atomic mass is 10.1. The molecule has 0 saturated carbocycles. The van der Waals surface area contributed by atoms with Crippen LogP contribution in [0.2, 0.25) is 0 Å². The summed E-state index contributed by atoms with van der Waals surface area (Å²) < 4.78 is 65.4. The highest BCUT2D eigenvalue weighted by atomic mass is 32.2. The molecule has 2 saturated heterocycles. The molecule has 2 unspecified atom stereocenters. The van der Waals surface area contributed by atoms with Crippen LogP contribution in [0, 0.1) is 18.6 Å². The van der Waals surface area contributed by atoms with E-state index in [2.05, 4.69) is 0 Å². The average Bonchev–Trinajstić information content (AvgIpc) is 3.19. The van der Waals surface area contributed by atoms with Crippen LogP contribution in [-0.4, -0.2) is 58.2 Å². The Kier molecular flexibility index (Phi) is 7.30. The predicted molar refractivity (Wildman–Crippen MR) is 127 cm³/mol. The van der Waals surface area contributed by atoms with Crippen LogP contribution in [-0.2, 0) is 23.8 Å². The Hall–Kier alpha value is -3.09. The molecule has 2 N–H and O–H groups in total. The van der Waals surface area contributed by atoms with Gasteiger partial charge in [0.25, 0.3) is 10.1 Å². The lowest BCUT2D eigenvalue weighted by Crippen LogP contribution is -2.43. The highest BCUT2D eigenvalue weighted by Gasteiger charge is 2.40. The number of amides is 1. The van der Waals surface area contributed by atoms with Crippen molar-refractivity contribution in [1.29, 1.82) is 0 Å². The maximum Gasteiger partial charge on any atom is 0.415 e. The van der Waals surface area contributed by atoms with Gasteiger partial charge in [0.1, 0.15) is 23.6 Å². The van der Waals surface area contributed by atoms with Crippen molar-refractivity contribution < 1.29 is 35.7 Å². The van der Waals surface area contributed by atoms with Gasteiger partial charge in [0.15, 0.2) is 11.6 Å². The van der Waals surface area contributed by atoms with E-state index in [4.69, 9.17) is 14.7 Å². The lowest BCUT2D eigenvalue weighted by Gasteiger charge is -2.33. The molecule has 0 bridgehead atoms. The number of rotatable bonds is 7. The molecule has 12 heteroatoms. The normalized spacial score (nSPS) is 19.9. The van der Waals surface area contributed by atoms with Crippen molar-refractivity contribution in [2.75, 3.05) is 29.4 Å². The minimum absolute atomic E-state index is 0.0715. The summed E-state index contributed by atoms with van der Waals surface area (Å²) >= 11 is 0. The molecule has 0 radical (unpaired) electrons. The van der Waals surface area contributed by atoms with Gasteiger partial charge in [0.2, 0.25) is 0 Å². The van der Waals surface area contributed by atoms with Gasteiger partial charge in [0.05, 0.1) is 17.5 Å². The molecule has 2 aliphatic heterocycles. The fourth-order valence-electron chi connectivity index (χ4n) is 4.26. The van der Waals surface area contributed by atoms with E-state index < -0.39 is 57.6 Å². The summed E-state index contributed by atoms with van der Waals surface area (Å²) in [5, 5.41) is 0. The van der Waals surface area contributed by atoms with Gasteiger partial charge in [-0.3, -0.25) is 13.9 Å². The largest absolute Gasteiger partial charge is 0.442 e. The second-order valence-electron chi connectivity index (χ2n) is 8.98. The van der Waals surface area contributed by atoms with Gasteiger partial charge >= 0.3 is 6.09 Å². The van der Waals surface area contributed by atoms with Gasteiger partial charge in [-0.2, -0.15) is 8.42 Å². The van der Waals surface area contributed by atoms with Crippen LogP contribution in [0.4, 0.5) is 25.0 Å². The van der Waals surface area contributed by atoms with Crippen molar-refractivity contribution in [3.8, 4) is 0 Å². The maximum absolute atomic E-state index is 15.0. The highest BCUT2D eigenvalue weighted by Crippen LogP contribution is 2.33. The van der Waals surface area contributed by atoms with E-state index in [1.165, 1.54) is 19.1 Å². The standard InChI is InChI=1S/C24H27F2N3O6S/c1-14-3-5-18(6-4-14)36(32,33)35-17-7-9-28(10-8-17)16-11-19(25)23(20(26)12-16)29-13-21(34-24(29)31)22(27)15(2)30/h3-6,11-12,17,21-22H,7-10,13,27H2,1-2H3. The summed E-state index contributed by atoms with van der Waals surface area (Å²) in [5.74, 6) is -2.36. The number of Topliss-reactive ketones (excluding diaryl/α,β-unsaturated/α-hetero) is 1. The number of ether oxygens (including phenoxy) is 1. The molecule has 2 fully saturated rings. The number of hydrogen-bond donors (Lipinski definition) is 1. The number of nitrogens with zero attached hydrogens (tertiary/aromatic N) is 2. The maximum atomic E-state index is 15.0. The number of benzene rings is 2. The summed E-state index contributed by atoms with van der Waals surface area (Å²) in [4.78, 5) is 26.3. The molecule has 1 amide bonds. The van der Waals surface area contributed by atoms with Gasteiger partial charge in [-0.05, 0) is 51.0 Å². The van der Waals surface area contributed by atoms with E-state index in [1.807, 2.05) is 6.92 Å². The molecule has 2 aliphatic rings. The number of hydrogen-bond acceptors (Lipinski definition) is 8. The number of halogens is 2. The van der Waals surface area contributed by atoms with Crippen LogP contribution in [0.15, 0.2) is 41.3 Å². The van der Waals surface area contributed by atoms with E-state index in [-0.39, 0.29) is 17.1 Å². The Balaban J connectivity index is 1.42. The molecule has 36 heavy (non-hydrogen) atoms. The second kappa shape index (κ2) is 10.1. The van der Waals surface area contributed by atoms with E-state index >= 15 is 0 Å². The summed E-state index contributed by atoms with van der Waals surface area (Å²) in [7, 11) is -3.93. The molecule has 0 spiro atoms. The fourth-order valence-corrected chi connectivity index (χ4v) is 5.39. The zero-order valence-corrected chi connectivity index (χ0v) is 20.6. The van der Waals surface area contributed by atoms with E-state index in [0.717, 1.165) is 22.6 Å². The molecule has 9 nitrogen and oxygen atoms in total. The van der Waals surface area contributed by atoms with Crippen LogP contribution in [0.5, 0.6) is 0 Å². The molecule has 194 valence electrons. The smallest absolute Gasteiger partial charge is 0.415 e. The first-order chi connectivity index (χ1) is 17.0. The van der Waals surface area contributed by atoms with Gasteiger partial charge in [0, 0.05) is 18.8 Å². The summed E-state index contributed by atoms with van der Waals surface area (Å²) in [6, 6.07) is 7.46. The lowest BCUT2D eigenvalue weighted by molar-refractivity contribution is -0.120. The first kappa shape index (κ1) is 26.0. The Morgan fingerprint density at radius 3 is 2.28 bits per heavy atom. The van der Waals surface area contributed by atoms with Crippen molar-refractivity contribution >= 4 is 33.4 Å². The first-order valence-corrected chi connectivity index (χ1v) is 12.8. The average molecular weight is 524 g/mol. The zero-order valence-electron chi connectivity index (χ0n) is 19.8. The van der Waals surface area contributed by atoms with Crippen LogP contribution in [0.1, 0.15) is 25.3 Å². The van der Waals surface area contributed by atoms with Gasteiger partial charge in [-0.25, -0.2) is 13.6 Å². The van der Waals surface area contributed by atoms with Crippen LogP contribution in [0.25, 0.3) is 0 Å². The summed E-state index contributed by atoms with van der Waals surface area (Å²) in [5.41, 5.74) is 6.31. The molecular formula is C24H27F2N3O6S. The Labute approximate surface area is 207 Å². The van der Waals surface area contributed by atoms with Crippen LogP contribution < -0.4 is 15.5 Å². The summed E-state index contributed by atoms with van der Waals surface area (Å²) in [6.45, 7) is 3.46. The highest BCUT2D eigenvalue weighted by molar-refractivity contribution is 7.86. The van der Waals surface area contributed by atoms with Crippen molar-refractivity contribution in [2.45, 2.75) is 49.8 Å². The molecule has 0 aromatic heterocycles. The third kappa shape index (κ3) is 5.35. The number of nitrogens with two attached hydrogens (primary N) is 1. The quantitative estimate of drug-likeness (QED) is 0.551. The number of ketones is 1. The third-order valence-electron chi connectivity index (χ3n) is 6.36. The fraction of sp³-hybridized carbons (Fsp3) is 0.417. The third-order valence-corrected chi connectivity index (χ3v) is 7.73. The number of carbonyl (C=O) groups excluding carboxylic acids is 2. The number of carbonyl (C=O) groups is 2. The van der Waals surface area contributed by atoms with E-state index in [1.54, 1.807) is 17.0 Å². The van der Waals surface area contributed by atoms with Crippen molar-refractivity contribution in [3.63, 3.8) is 0 Å². The molecule has 0 aliphatic carbocycles. The topological polar surface area (TPSA) is 119 Å². The van der Waals surface area contributed by atoms with Crippen molar-refractivity contribution in [2.24, 2.45) is 5.73 Å². The monoisotopic (exact) mass is 523 g/mol. The Morgan fingerprint density at radius 1 is 1.14 bits per heavy atom. The Bertz CT molecular complexity index is 1240. The van der Waals surface area contributed by atoms with Crippen molar-refractivity contribution in [3.05, 3.63) is 53.6 Å². The summed E-state index contributed by atoms with van der Waals surface area (Å²) in [6.07, 6.45) is -1.90. The van der Waals surface area contributed by atoms with E-state index in [0.29, 0.717) is 25.9 Å². The molecule has 2 aromatic carbocycles. The van der Waals surface area contributed by atoms with Crippen LogP contribution in [0.3, 0.4) is 0 Å². The number of anilines is 2. The van der Waals surface area contributed by atoms with Gasteiger partial charge < -0.3 is 15.4 Å². The minimum Gasteiger partial charge on any atom is -0.442 e. The zero-order chi connectivity index (χ0) is 26.2. The predicted octanol–water partition coefficient (Wildman–Crippen LogP) is 2.89. The number of aryl methyl sites for hydroxylation is 1. The molecule has 2 atom stereocenters. The minimum atomic E-state index is -3.93. The second-order valence-corrected chi connectivity index (χ2v) is 10.5. The van der Waals surface area contributed by atoms with E-state index in [9.17, 15) is 26.8 Å². The molecule has 2 aromatic rings. The molecule has 2 heterocycles. The van der Waals surface area contributed by atoms with Gasteiger partial charge in [-0.15, -0.1) is 0 Å².